The van der Waals surface area contributed by atoms with Crippen LogP contribution < -0.4 is 21.7 Å². The van der Waals surface area contributed by atoms with E-state index in [1.165, 1.54) is 0 Å². The first kappa shape index (κ1) is 29.5. The van der Waals surface area contributed by atoms with Crippen molar-refractivity contribution >= 4 is 29.7 Å². The van der Waals surface area contributed by atoms with Crippen LogP contribution in [-0.2, 0) is 30.4 Å². The number of carbonyl (C=O) groups is 5. The van der Waals surface area contributed by atoms with Crippen molar-refractivity contribution in [1.82, 2.24) is 16.0 Å². The number of aliphatic hydroxyl groups is 1. The fourth-order valence-electron chi connectivity index (χ4n) is 3.19. The second kappa shape index (κ2) is 14.7. The molecule has 12 heteroatoms. The molecule has 1 rings (SSSR count). The zero-order valence-corrected chi connectivity index (χ0v) is 19.8. The Bertz CT molecular complexity index is 878. The van der Waals surface area contributed by atoms with E-state index in [1.807, 2.05) is 13.8 Å². The predicted molar refractivity (Wildman–Crippen MR) is 125 cm³/mol. The van der Waals surface area contributed by atoms with Crippen LogP contribution in [-0.4, -0.2) is 75.8 Å². The van der Waals surface area contributed by atoms with E-state index in [4.69, 9.17) is 15.9 Å². The van der Waals surface area contributed by atoms with Crippen LogP contribution in [0, 0.1) is 5.92 Å². The van der Waals surface area contributed by atoms with Crippen LogP contribution in [0.4, 0.5) is 0 Å². The minimum absolute atomic E-state index is 0.0161. The third kappa shape index (κ3) is 11.0. The highest BCUT2D eigenvalue weighted by molar-refractivity contribution is 5.94. The van der Waals surface area contributed by atoms with Gasteiger partial charge in [0, 0.05) is 12.8 Å². The third-order valence-electron chi connectivity index (χ3n) is 5.05. The van der Waals surface area contributed by atoms with Crippen LogP contribution >= 0.6 is 0 Å². The van der Waals surface area contributed by atoms with Gasteiger partial charge in [-0.25, -0.2) is 4.79 Å². The van der Waals surface area contributed by atoms with Crippen LogP contribution in [0.5, 0.6) is 0 Å². The van der Waals surface area contributed by atoms with Crippen LogP contribution in [0.2, 0.25) is 0 Å². The van der Waals surface area contributed by atoms with Gasteiger partial charge in [-0.05, 0) is 24.3 Å². The lowest BCUT2D eigenvalue weighted by atomic mass is 10.0. The Balaban J connectivity index is 3.11. The van der Waals surface area contributed by atoms with E-state index in [9.17, 15) is 29.1 Å². The largest absolute Gasteiger partial charge is 0.481 e. The van der Waals surface area contributed by atoms with E-state index < -0.39 is 66.9 Å². The van der Waals surface area contributed by atoms with Gasteiger partial charge in [-0.3, -0.25) is 19.2 Å². The van der Waals surface area contributed by atoms with Crippen molar-refractivity contribution in [2.75, 3.05) is 6.61 Å². The van der Waals surface area contributed by atoms with E-state index in [0.29, 0.717) is 5.56 Å². The van der Waals surface area contributed by atoms with Gasteiger partial charge in [0.1, 0.15) is 24.2 Å². The molecular weight excluding hydrogens is 460 g/mol. The number of aliphatic hydroxyl groups excluding tert-OH is 1. The highest BCUT2D eigenvalue weighted by Crippen LogP contribution is 2.09. The van der Waals surface area contributed by atoms with Gasteiger partial charge in [0.2, 0.25) is 17.7 Å². The summed E-state index contributed by atoms with van der Waals surface area (Å²) >= 11 is 0. The van der Waals surface area contributed by atoms with Crippen LogP contribution in [0.25, 0.3) is 0 Å². The van der Waals surface area contributed by atoms with E-state index in [-0.39, 0.29) is 25.2 Å². The fourth-order valence-corrected chi connectivity index (χ4v) is 3.19. The third-order valence-corrected chi connectivity index (χ3v) is 5.05. The van der Waals surface area contributed by atoms with Gasteiger partial charge in [0.25, 0.3) is 0 Å². The van der Waals surface area contributed by atoms with Gasteiger partial charge in [-0.2, -0.15) is 0 Å². The Labute approximate surface area is 203 Å². The molecule has 0 fully saturated rings. The highest BCUT2D eigenvalue weighted by Gasteiger charge is 2.31. The lowest BCUT2D eigenvalue weighted by molar-refractivity contribution is -0.143. The molecule has 0 saturated heterocycles. The summed E-state index contributed by atoms with van der Waals surface area (Å²) < 4.78 is 0. The Kier molecular flexibility index (Phi) is 12.4. The Morgan fingerprint density at radius 3 is 1.91 bits per heavy atom. The van der Waals surface area contributed by atoms with Crippen molar-refractivity contribution in [3.05, 3.63) is 35.9 Å². The number of carboxylic acids is 2. The fraction of sp³-hybridized carbons (Fsp3) is 0.522. The number of hydrogen-bond acceptors (Lipinski definition) is 7. The summed E-state index contributed by atoms with van der Waals surface area (Å²) in [5, 5.41) is 34.6. The summed E-state index contributed by atoms with van der Waals surface area (Å²) in [6.45, 7) is 3.03. The van der Waals surface area contributed by atoms with Gasteiger partial charge in [-0.15, -0.1) is 0 Å². The lowest BCUT2D eigenvalue weighted by Gasteiger charge is -2.26. The number of carbonyl (C=O) groups excluding carboxylic acids is 3. The van der Waals surface area contributed by atoms with Crippen LogP contribution in [0.15, 0.2) is 30.3 Å². The number of aliphatic carboxylic acids is 2. The molecule has 35 heavy (non-hydrogen) atoms. The number of carboxylic acid groups (broad SMARTS) is 2. The summed E-state index contributed by atoms with van der Waals surface area (Å²) in [6.07, 6.45) is -0.581. The average Bonchev–Trinajstić information content (AvgIpc) is 2.79. The zero-order chi connectivity index (χ0) is 26.5. The summed E-state index contributed by atoms with van der Waals surface area (Å²) in [6, 6.07) is 3.70. The van der Waals surface area contributed by atoms with Gasteiger partial charge >= 0.3 is 11.9 Å². The van der Waals surface area contributed by atoms with Gasteiger partial charge in [0.05, 0.1) is 6.61 Å². The molecule has 1 aromatic carbocycles. The minimum atomic E-state index is -1.47. The van der Waals surface area contributed by atoms with Crippen molar-refractivity contribution in [2.24, 2.45) is 11.7 Å². The predicted octanol–water partition coefficient (Wildman–Crippen LogP) is -1.00. The first-order valence-corrected chi connectivity index (χ1v) is 11.2. The standard InChI is InChI=1S/C23H34N4O8/c1-13(2)10-17(26-20(31)15(24)12-28)21(32)27-18(11-14-6-4-3-5-7-14)22(33)25-16(23(34)35)8-9-19(29)30/h3-7,13,15-18,28H,8-12,24H2,1-2H3,(H,25,33)(H,26,31)(H,27,32)(H,29,30)(H,34,35). The molecule has 0 aromatic heterocycles. The number of nitrogens with two attached hydrogens (primary N) is 1. The molecule has 0 aliphatic rings. The number of hydrogen-bond donors (Lipinski definition) is 7. The molecule has 0 saturated carbocycles. The zero-order valence-electron chi connectivity index (χ0n) is 19.8. The quantitative estimate of drug-likeness (QED) is 0.159. The summed E-state index contributed by atoms with van der Waals surface area (Å²) in [7, 11) is 0. The maximum absolute atomic E-state index is 13.1. The van der Waals surface area contributed by atoms with E-state index in [1.54, 1.807) is 30.3 Å². The molecule has 0 aliphatic heterocycles. The molecule has 0 radical (unpaired) electrons. The van der Waals surface area contributed by atoms with E-state index in [2.05, 4.69) is 16.0 Å². The molecule has 0 bridgehead atoms. The SMILES string of the molecule is CC(C)CC(NC(=O)C(N)CO)C(=O)NC(Cc1ccccc1)C(=O)NC(CCC(=O)O)C(=O)O. The second-order valence-corrected chi connectivity index (χ2v) is 8.56. The van der Waals surface area contributed by atoms with Crippen molar-refractivity contribution < 1.29 is 39.3 Å². The van der Waals surface area contributed by atoms with Gasteiger partial charge < -0.3 is 37.0 Å². The van der Waals surface area contributed by atoms with Crippen molar-refractivity contribution in [3.8, 4) is 0 Å². The van der Waals surface area contributed by atoms with Crippen molar-refractivity contribution in [3.63, 3.8) is 0 Å². The molecule has 4 atom stereocenters. The number of benzene rings is 1. The van der Waals surface area contributed by atoms with Crippen LogP contribution in [0.1, 0.15) is 38.7 Å². The summed E-state index contributed by atoms with van der Waals surface area (Å²) in [5.41, 5.74) is 6.20. The number of rotatable bonds is 15. The average molecular weight is 495 g/mol. The second-order valence-electron chi connectivity index (χ2n) is 8.56. The van der Waals surface area contributed by atoms with Gasteiger partial charge in [0.15, 0.2) is 0 Å². The highest BCUT2D eigenvalue weighted by atomic mass is 16.4. The van der Waals surface area contributed by atoms with E-state index >= 15 is 0 Å². The monoisotopic (exact) mass is 494 g/mol. The normalized spacial score (nSPS) is 14.3. The molecule has 0 heterocycles. The maximum atomic E-state index is 13.1. The molecule has 0 aliphatic carbocycles. The number of nitrogens with one attached hydrogen (secondary N) is 3. The summed E-state index contributed by atoms with van der Waals surface area (Å²) in [5.74, 6) is -4.89. The van der Waals surface area contributed by atoms with E-state index in [0.717, 1.165) is 0 Å². The molecule has 1 aromatic rings. The van der Waals surface area contributed by atoms with Crippen LogP contribution in [0.3, 0.4) is 0 Å². The Morgan fingerprint density at radius 1 is 0.857 bits per heavy atom. The van der Waals surface area contributed by atoms with Crippen molar-refractivity contribution in [1.29, 1.82) is 0 Å². The first-order valence-electron chi connectivity index (χ1n) is 11.2. The molecule has 12 nitrogen and oxygen atoms in total. The molecular formula is C23H34N4O8. The molecule has 4 unspecified atom stereocenters. The molecule has 8 N–H and O–H groups in total. The maximum Gasteiger partial charge on any atom is 0.326 e. The molecule has 194 valence electrons. The number of amides is 3. The summed E-state index contributed by atoms with van der Waals surface area (Å²) in [4.78, 5) is 60.6. The Morgan fingerprint density at radius 2 is 1.40 bits per heavy atom. The topological polar surface area (TPSA) is 208 Å². The van der Waals surface area contributed by atoms with Crippen molar-refractivity contribution in [2.45, 2.75) is 63.7 Å². The first-order chi connectivity index (χ1) is 16.4. The minimum Gasteiger partial charge on any atom is -0.481 e. The Hall–Kier alpha value is -3.51. The smallest absolute Gasteiger partial charge is 0.326 e. The molecule has 0 spiro atoms. The van der Waals surface area contributed by atoms with Gasteiger partial charge in [-0.1, -0.05) is 44.2 Å². The lowest BCUT2D eigenvalue weighted by Crippen LogP contribution is -2.58. The molecule has 3 amide bonds.